The Balaban J connectivity index is 1.79. The molecule has 0 radical (unpaired) electrons. The standard InChI is InChI=1S/C17H20N4O6/c1-17(2,3)27-21(25)13-8-11-10(7-12(13)18)14(22)20(15(11)23)9-26-16(24)19-5-4-6-19/h7-8H,4-6,9H2,1-3H3,(H-,18,23,25)/p+1. The van der Waals surface area contributed by atoms with Crippen molar-refractivity contribution in [3.05, 3.63) is 28.2 Å². The molecule has 1 aromatic carbocycles. The van der Waals surface area contributed by atoms with Crippen LogP contribution >= 0.6 is 0 Å². The Bertz CT molecular complexity index is 841. The van der Waals surface area contributed by atoms with Crippen LogP contribution in [-0.4, -0.2) is 58.1 Å². The van der Waals surface area contributed by atoms with Gasteiger partial charge in [-0.15, -0.1) is 0 Å². The van der Waals surface area contributed by atoms with Crippen molar-refractivity contribution in [2.45, 2.75) is 32.8 Å². The van der Waals surface area contributed by atoms with Crippen LogP contribution in [0.15, 0.2) is 12.1 Å². The van der Waals surface area contributed by atoms with Crippen molar-refractivity contribution in [2.24, 2.45) is 0 Å². The average Bonchev–Trinajstić information content (AvgIpc) is 2.72. The number of fused-ring (bicyclic) bond motifs is 1. The second kappa shape index (κ2) is 6.53. The summed E-state index contributed by atoms with van der Waals surface area (Å²) in [4.78, 5) is 56.7. The predicted molar refractivity (Wildman–Crippen MR) is 93.0 cm³/mol. The van der Waals surface area contributed by atoms with E-state index in [-0.39, 0.29) is 27.4 Å². The van der Waals surface area contributed by atoms with E-state index in [1.165, 1.54) is 17.0 Å². The summed E-state index contributed by atoms with van der Waals surface area (Å²) >= 11 is 0. The van der Waals surface area contributed by atoms with Crippen LogP contribution in [0.3, 0.4) is 0 Å². The zero-order valence-corrected chi connectivity index (χ0v) is 15.4. The molecule has 2 N–H and O–H groups in total. The van der Waals surface area contributed by atoms with Gasteiger partial charge >= 0.3 is 11.8 Å². The fourth-order valence-electron chi connectivity index (χ4n) is 2.63. The van der Waals surface area contributed by atoms with Crippen LogP contribution in [0.5, 0.6) is 0 Å². The Morgan fingerprint density at radius 1 is 1.19 bits per heavy atom. The SMILES string of the molecule is CC(C)(C)O[N+](=O)c1cc2c(cc1N)C(=O)N(COC(=O)N1CCC1)C2=O. The first-order chi connectivity index (χ1) is 12.6. The molecule has 10 heteroatoms. The van der Waals surface area contributed by atoms with E-state index in [0.717, 1.165) is 11.3 Å². The van der Waals surface area contributed by atoms with Gasteiger partial charge in [0.05, 0.1) is 16.0 Å². The van der Waals surface area contributed by atoms with Crippen LogP contribution in [0.2, 0.25) is 0 Å². The molecular formula is C17H21N4O6+. The van der Waals surface area contributed by atoms with Crippen molar-refractivity contribution in [1.82, 2.24) is 9.80 Å². The number of carbonyl (C=O) groups is 3. The molecule has 0 aliphatic carbocycles. The van der Waals surface area contributed by atoms with Crippen molar-refractivity contribution < 1.29 is 28.9 Å². The number of hydrogen-bond acceptors (Lipinski definition) is 7. The summed E-state index contributed by atoms with van der Waals surface area (Å²) in [5, 5.41) is 0. The maximum absolute atomic E-state index is 12.5. The third kappa shape index (κ3) is 3.55. The van der Waals surface area contributed by atoms with E-state index in [9.17, 15) is 19.3 Å². The Morgan fingerprint density at radius 2 is 1.78 bits per heavy atom. The van der Waals surface area contributed by atoms with E-state index in [4.69, 9.17) is 15.3 Å². The minimum absolute atomic E-state index is 0.00237. The van der Waals surface area contributed by atoms with Crippen LogP contribution in [0.4, 0.5) is 16.2 Å². The van der Waals surface area contributed by atoms with Gasteiger partial charge in [-0.1, -0.05) is 0 Å². The van der Waals surface area contributed by atoms with E-state index >= 15 is 0 Å². The van der Waals surface area contributed by atoms with Crippen LogP contribution in [0.1, 0.15) is 47.9 Å². The second-order valence-electron chi connectivity index (χ2n) is 7.34. The number of imide groups is 1. The van der Waals surface area contributed by atoms with Gasteiger partial charge in [-0.3, -0.25) is 9.59 Å². The minimum atomic E-state index is -0.774. The van der Waals surface area contributed by atoms with E-state index in [1.54, 1.807) is 20.8 Å². The van der Waals surface area contributed by atoms with Gasteiger partial charge in [0, 0.05) is 19.2 Å². The number of nitrogens with two attached hydrogens (primary N) is 1. The van der Waals surface area contributed by atoms with Gasteiger partial charge in [0.2, 0.25) is 0 Å². The van der Waals surface area contributed by atoms with Gasteiger partial charge in [0.1, 0.15) is 5.69 Å². The summed E-state index contributed by atoms with van der Waals surface area (Å²) in [6.45, 7) is 5.73. The normalized spacial score (nSPS) is 16.1. The zero-order chi connectivity index (χ0) is 19.9. The first kappa shape index (κ1) is 18.6. The molecule has 10 nitrogen and oxygen atoms in total. The van der Waals surface area contributed by atoms with Crippen molar-refractivity contribution >= 4 is 29.3 Å². The zero-order valence-electron chi connectivity index (χ0n) is 15.4. The summed E-state index contributed by atoms with van der Waals surface area (Å²) < 4.78 is 5.02. The van der Waals surface area contributed by atoms with Gasteiger partial charge < -0.3 is 15.4 Å². The molecule has 144 valence electrons. The fraction of sp³-hybridized carbons (Fsp3) is 0.471. The Labute approximate surface area is 155 Å². The lowest BCUT2D eigenvalue weighted by atomic mass is 10.1. The monoisotopic (exact) mass is 377 g/mol. The maximum Gasteiger partial charge on any atom is 0.411 e. The molecule has 0 spiro atoms. The topological polar surface area (TPSA) is 122 Å². The van der Waals surface area contributed by atoms with Gasteiger partial charge in [0.25, 0.3) is 16.7 Å². The molecule has 2 aliphatic rings. The lowest BCUT2D eigenvalue weighted by Gasteiger charge is -2.30. The molecule has 0 unspecified atom stereocenters. The fourth-order valence-corrected chi connectivity index (χ4v) is 2.63. The molecule has 3 rings (SSSR count). The Morgan fingerprint density at radius 3 is 2.30 bits per heavy atom. The van der Waals surface area contributed by atoms with Gasteiger partial charge in [0.15, 0.2) is 12.3 Å². The molecule has 27 heavy (non-hydrogen) atoms. The third-order valence-corrected chi connectivity index (χ3v) is 4.10. The van der Waals surface area contributed by atoms with E-state index in [1.807, 2.05) is 0 Å². The average molecular weight is 377 g/mol. The highest BCUT2D eigenvalue weighted by Crippen LogP contribution is 2.32. The van der Waals surface area contributed by atoms with E-state index < -0.39 is 30.2 Å². The summed E-state index contributed by atoms with van der Waals surface area (Å²) in [7, 11) is 0. The summed E-state index contributed by atoms with van der Waals surface area (Å²) in [5.74, 6) is -1.31. The number of hydrogen-bond donors (Lipinski definition) is 1. The predicted octanol–water partition coefficient (Wildman–Crippen LogP) is 1.81. The molecule has 3 amide bonds. The summed E-state index contributed by atoms with van der Waals surface area (Å²) in [6, 6.07) is 2.46. The number of rotatable bonds is 4. The van der Waals surface area contributed by atoms with Crippen molar-refractivity contribution in [3.8, 4) is 0 Å². The van der Waals surface area contributed by atoms with Gasteiger partial charge in [-0.2, -0.15) is 0 Å². The van der Waals surface area contributed by atoms with E-state index in [2.05, 4.69) is 0 Å². The molecule has 1 saturated heterocycles. The summed E-state index contributed by atoms with van der Waals surface area (Å²) in [5.41, 5.74) is 5.05. The number of nitrogen functional groups attached to an aromatic ring is 1. The van der Waals surface area contributed by atoms with Crippen LogP contribution in [0.25, 0.3) is 0 Å². The molecule has 0 aromatic heterocycles. The molecular weight excluding hydrogens is 356 g/mol. The number of nitrogens with zero attached hydrogens (tertiary/aromatic N) is 3. The first-order valence-electron chi connectivity index (χ1n) is 8.46. The van der Waals surface area contributed by atoms with Crippen LogP contribution in [0, 0.1) is 4.91 Å². The van der Waals surface area contributed by atoms with E-state index in [0.29, 0.717) is 13.1 Å². The molecule has 2 aliphatic heterocycles. The van der Waals surface area contributed by atoms with Crippen molar-refractivity contribution in [1.29, 1.82) is 0 Å². The molecule has 0 bridgehead atoms. The number of benzene rings is 1. The van der Waals surface area contributed by atoms with Crippen molar-refractivity contribution in [3.63, 3.8) is 0 Å². The molecule has 0 saturated carbocycles. The lowest BCUT2D eigenvalue weighted by Crippen LogP contribution is -2.44. The second-order valence-corrected chi connectivity index (χ2v) is 7.34. The molecule has 1 aromatic rings. The van der Waals surface area contributed by atoms with Crippen LogP contribution in [-0.2, 0) is 9.57 Å². The number of amides is 3. The van der Waals surface area contributed by atoms with Crippen molar-refractivity contribution in [2.75, 3.05) is 25.6 Å². The Hall–Kier alpha value is -3.17. The largest absolute Gasteiger partial charge is 0.427 e. The first-order valence-corrected chi connectivity index (χ1v) is 8.46. The number of ether oxygens (including phenoxy) is 1. The summed E-state index contributed by atoms with van der Waals surface area (Å²) in [6.07, 6.45) is 0.314. The van der Waals surface area contributed by atoms with Gasteiger partial charge in [-0.05, 0) is 33.3 Å². The lowest BCUT2D eigenvalue weighted by molar-refractivity contribution is -0.765. The highest BCUT2D eigenvalue weighted by atomic mass is 16.8. The van der Waals surface area contributed by atoms with Gasteiger partial charge in [-0.25, -0.2) is 14.5 Å². The third-order valence-electron chi connectivity index (χ3n) is 4.10. The number of anilines is 1. The number of likely N-dealkylation sites (tertiary alicyclic amines) is 1. The molecule has 0 atom stereocenters. The smallest absolute Gasteiger partial charge is 0.411 e. The number of carbonyl (C=O) groups excluding carboxylic acids is 3. The highest BCUT2D eigenvalue weighted by Gasteiger charge is 2.40. The Kier molecular flexibility index (Phi) is 4.50. The molecule has 1 fully saturated rings. The van der Waals surface area contributed by atoms with Crippen LogP contribution < -0.4 is 5.73 Å². The molecule has 2 heterocycles. The quantitative estimate of drug-likeness (QED) is 0.482. The highest BCUT2D eigenvalue weighted by molar-refractivity contribution is 6.22. The minimum Gasteiger partial charge on any atom is -0.427 e. The maximum atomic E-state index is 12.5.